The van der Waals surface area contributed by atoms with Crippen molar-refractivity contribution in [2.75, 3.05) is 13.1 Å². The molecule has 0 spiro atoms. The van der Waals surface area contributed by atoms with Crippen LogP contribution in [0.15, 0.2) is 23.1 Å². The van der Waals surface area contributed by atoms with Crippen LogP contribution in [0.3, 0.4) is 0 Å². The molecule has 4 nitrogen and oxygen atoms in total. The van der Waals surface area contributed by atoms with Crippen molar-refractivity contribution in [3.8, 4) is 0 Å². The van der Waals surface area contributed by atoms with E-state index < -0.39 is 15.8 Å². The molecular formula is C14H22ClFN2O2S. The van der Waals surface area contributed by atoms with Gasteiger partial charge in [-0.3, -0.25) is 0 Å². The molecular weight excluding hydrogens is 315 g/mol. The lowest BCUT2D eigenvalue weighted by molar-refractivity contribution is 0.243. The standard InChI is InChI=1S/C14H21FN2O2S.ClH/c1-10-8-13(5-6-14(10)15)20(18,19)17-7-3-4-12(9-17)11(2)16;/h5-6,8,11-12H,3-4,7,9,16H2,1-2H3;1H. The number of halogens is 2. The third kappa shape index (κ3) is 3.94. The average molecular weight is 337 g/mol. The zero-order chi connectivity index (χ0) is 14.9. The van der Waals surface area contributed by atoms with Gasteiger partial charge >= 0.3 is 0 Å². The summed E-state index contributed by atoms with van der Waals surface area (Å²) >= 11 is 0. The first-order valence-electron chi connectivity index (χ1n) is 6.84. The van der Waals surface area contributed by atoms with Gasteiger partial charge in [0, 0.05) is 19.1 Å². The van der Waals surface area contributed by atoms with Crippen LogP contribution in [0, 0.1) is 18.7 Å². The number of nitrogens with zero attached hydrogens (tertiary/aromatic N) is 1. The molecule has 120 valence electrons. The van der Waals surface area contributed by atoms with Crippen molar-refractivity contribution in [2.45, 2.75) is 37.6 Å². The van der Waals surface area contributed by atoms with Gasteiger partial charge in [-0.2, -0.15) is 4.31 Å². The van der Waals surface area contributed by atoms with E-state index in [4.69, 9.17) is 5.73 Å². The summed E-state index contributed by atoms with van der Waals surface area (Å²) in [6, 6.07) is 3.89. The van der Waals surface area contributed by atoms with Gasteiger partial charge in [-0.15, -0.1) is 12.4 Å². The molecule has 0 aromatic heterocycles. The predicted molar refractivity (Wildman–Crippen MR) is 83.5 cm³/mol. The molecule has 1 aliphatic heterocycles. The summed E-state index contributed by atoms with van der Waals surface area (Å²) in [5.41, 5.74) is 6.22. The Morgan fingerprint density at radius 3 is 2.67 bits per heavy atom. The molecule has 1 aromatic rings. The SMILES string of the molecule is Cc1cc(S(=O)(=O)N2CCCC(C(C)N)C2)ccc1F.Cl. The third-order valence-electron chi connectivity index (χ3n) is 3.93. The highest BCUT2D eigenvalue weighted by Crippen LogP contribution is 2.25. The number of nitrogens with two attached hydrogens (primary N) is 1. The van der Waals surface area contributed by atoms with Crippen molar-refractivity contribution in [3.63, 3.8) is 0 Å². The second kappa shape index (κ2) is 7.05. The number of hydrogen-bond donors (Lipinski definition) is 1. The van der Waals surface area contributed by atoms with Crippen molar-refractivity contribution in [3.05, 3.63) is 29.6 Å². The lowest BCUT2D eigenvalue weighted by Gasteiger charge is -2.33. The maximum absolute atomic E-state index is 13.3. The minimum Gasteiger partial charge on any atom is -0.328 e. The van der Waals surface area contributed by atoms with E-state index in [0.717, 1.165) is 12.8 Å². The maximum atomic E-state index is 13.3. The Hall–Kier alpha value is -0.690. The van der Waals surface area contributed by atoms with Crippen molar-refractivity contribution < 1.29 is 12.8 Å². The Labute approximate surface area is 132 Å². The van der Waals surface area contributed by atoms with Crippen molar-refractivity contribution in [2.24, 2.45) is 11.7 Å². The van der Waals surface area contributed by atoms with Crippen molar-refractivity contribution in [1.82, 2.24) is 4.31 Å². The quantitative estimate of drug-likeness (QED) is 0.921. The summed E-state index contributed by atoms with van der Waals surface area (Å²) in [5.74, 6) is -0.212. The van der Waals surface area contributed by atoms with Gasteiger partial charge in [-0.25, -0.2) is 12.8 Å². The van der Waals surface area contributed by atoms with Crippen molar-refractivity contribution >= 4 is 22.4 Å². The van der Waals surface area contributed by atoms with Gasteiger partial charge in [-0.05, 0) is 56.4 Å². The Morgan fingerprint density at radius 2 is 2.10 bits per heavy atom. The molecule has 1 aliphatic rings. The number of aryl methyl sites for hydroxylation is 1. The van der Waals surface area contributed by atoms with Crippen LogP contribution < -0.4 is 5.73 Å². The van der Waals surface area contributed by atoms with Crippen LogP contribution >= 0.6 is 12.4 Å². The summed E-state index contributed by atoms with van der Waals surface area (Å²) in [4.78, 5) is 0.154. The Balaban J connectivity index is 0.00000220. The first kappa shape index (κ1) is 18.4. The molecule has 1 aromatic carbocycles. The molecule has 1 fully saturated rings. The van der Waals surface area contributed by atoms with Crippen LogP contribution in [-0.4, -0.2) is 31.9 Å². The highest BCUT2D eigenvalue weighted by molar-refractivity contribution is 7.89. The highest BCUT2D eigenvalue weighted by atomic mass is 35.5. The zero-order valence-electron chi connectivity index (χ0n) is 12.3. The largest absolute Gasteiger partial charge is 0.328 e. The fourth-order valence-electron chi connectivity index (χ4n) is 2.55. The minimum absolute atomic E-state index is 0. The monoisotopic (exact) mass is 336 g/mol. The van der Waals surface area contributed by atoms with Crippen LogP contribution in [0.5, 0.6) is 0 Å². The molecule has 2 rings (SSSR count). The molecule has 0 saturated carbocycles. The summed E-state index contributed by atoms with van der Waals surface area (Å²) in [5, 5.41) is 0. The molecule has 2 atom stereocenters. The fraction of sp³-hybridized carbons (Fsp3) is 0.571. The second-order valence-corrected chi connectivity index (χ2v) is 7.47. The molecule has 0 aliphatic carbocycles. The number of rotatable bonds is 3. The first-order valence-corrected chi connectivity index (χ1v) is 8.28. The van der Waals surface area contributed by atoms with E-state index >= 15 is 0 Å². The lowest BCUT2D eigenvalue weighted by Crippen LogP contribution is -2.44. The molecule has 0 bridgehead atoms. The first-order chi connectivity index (χ1) is 9.32. The summed E-state index contributed by atoms with van der Waals surface area (Å²) in [6.07, 6.45) is 1.76. The maximum Gasteiger partial charge on any atom is 0.243 e. The molecule has 1 saturated heterocycles. The second-order valence-electron chi connectivity index (χ2n) is 5.54. The van der Waals surface area contributed by atoms with Gasteiger partial charge in [0.2, 0.25) is 10.0 Å². The van der Waals surface area contributed by atoms with E-state index in [0.29, 0.717) is 18.7 Å². The fourth-order valence-corrected chi connectivity index (χ4v) is 4.17. The normalized spacial score (nSPS) is 21.6. The molecule has 21 heavy (non-hydrogen) atoms. The number of hydrogen-bond acceptors (Lipinski definition) is 3. The van der Waals surface area contributed by atoms with E-state index in [9.17, 15) is 12.8 Å². The number of sulfonamides is 1. The summed E-state index contributed by atoms with van der Waals surface area (Å²) in [7, 11) is -3.56. The van der Waals surface area contributed by atoms with E-state index in [2.05, 4.69) is 0 Å². The van der Waals surface area contributed by atoms with Crippen LogP contribution in [-0.2, 0) is 10.0 Å². The Kier molecular flexibility index (Phi) is 6.16. The number of piperidine rings is 1. The van der Waals surface area contributed by atoms with Crippen LogP contribution in [0.4, 0.5) is 4.39 Å². The van der Waals surface area contributed by atoms with Gasteiger partial charge in [0.1, 0.15) is 5.82 Å². The van der Waals surface area contributed by atoms with E-state index in [-0.39, 0.29) is 29.3 Å². The summed E-state index contributed by atoms with van der Waals surface area (Å²) in [6.45, 7) is 4.41. The van der Waals surface area contributed by atoms with Gasteiger partial charge in [0.25, 0.3) is 0 Å². The molecule has 2 unspecified atom stereocenters. The van der Waals surface area contributed by atoms with Gasteiger partial charge < -0.3 is 5.73 Å². The molecule has 0 amide bonds. The topological polar surface area (TPSA) is 63.4 Å². The van der Waals surface area contributed by atoms with Crippen LogP contribution in [0.2, 0.25) is 0 Å². The summed E-state index contributed by atoms with van der Waals surface area (Å²) < 4.78 is 39.9. The minimum atomic E-state index is -3.56. The average Bonchev–Trinajstić information content (AvgIpc) is 2.42. The molecule has 1 heterocycles. The van der Waals surface area contributed by atoms with Gasteiger partial charge in [0.15, 0.2) is 0 Å². The molecule has 0 radical (unpaired) electrons. The molecule has 2 N–H and O–H groups in total. The van der Waals surface area contributed by atoms with E-state index in [1.54, 1.807) is 6.92 Å². The Bertz CT molecular complexity index is 593. The molecule has 7 heteroatoms. The zero-order valence-corrected chi connectivity index (χ0v) is 13.9. The van der Waals surface area contributed by atoms with Crippen molar-refractivity contribution in [1.29, 1.82) is 0 Å². The van der Waals surface area contributed by atoms with Crippen LogP contribution in [0.25, 0.3) is 0 Å². The lowest BCUT2D eigenvalue weighted by atomic mass is 9.93. The highest BCUT2D eigenvalue weighted by Gasteiger charge is 2.31. The van der Waals surface area contributed by atoms with E-state index in [1.165, 1.54) is 22.5 Å². The van der Waals surface area contributed by atoms with Crippen LogP contribution in [0.1, 0.15) is 25.3 Å². The van der Waals surface area contributed by atoms with Gasteiger partial charge in [-0.1, -0.05) is 0 Å². The smallest absolute Gasteiger partial charge is 0.243 e. The predicted octanol–water partition coefficient (Wildman–Crippen LogP) is 2.30. The number of benzene rings is 1. The van der Waals surface area contributed by atoms with Gasteiger partial charge in [0.05, 0.1) is 4.90 Å². The Morgan fingerprint density at radius 1 is 1.43 bits per heavy atom. The third-order valence-corrected chi connectivity index (χ3v) is 5.79. The van der Waals surface area contributed by atoms with E-state index in [1.807, 2.05) is 6.92 Å².